The number of pyridine rings is 1. The first-order chi connectivity index (χ1) is 13.8. The number of aryl methyl sites for hydroxylation is 1. The van der Waals surface area contributed by atoms with Gasteiger partial charge in [0.15, 0.2) is 0 Å². The molecule has 6 nitrogen and oxygen atoms in total. The Morgan fingerprint density at radius 3 is 2.86 bits per heavy atom. The van der Waals surface area contributed by atoms with Gasteiger partial charge in [0.05, 0.1) is 29.2 Å². The molecule has 0 spiro atoms. The summed E-state index contributed by atoms with van der Waals surface area (Å²) in [4.78, 5) is 14.2. The van der Waals surface area contributed by atoms with Gasteiger partial charge in [0.2, 0.25) is 0 Å². The second-order valence-electron chi connectivity index (χ2n) is 8.50. The molecule has 0 aliphatic carbocycles. The Morgan fingerprint density at radius 2 is 2.21 bits per heavy atom. The van der Waals surface area contributed by atoms with Crippen molar-refractivity contribution in [3.05, 3.63) is 42.1 Å². The van der Waals surface area contributed by atoms with Gasteiger partial charge in [-0.25, -0.2) is 4.98 Å². The van der Waals surface area contributed by atoms with Crippen molar-refractivity contribution in [1.29, 1.82) is 5.41 Å². The highest BCUT2D eigenvalue weighted by Gasteiger charge is 2.43. The Bertz CT molecular complexity index is 790. The number of aromatic amines is 1. The summed E-state index contributed by atoms with van der Waals surface area (Å²) in [6, 6.07) is 4.29. The van der Waals surface area contributed by atoms with Crippen molar-refractivity contribution in [3.8, 4) is 0 Å². The molecule has 2 aromatic rings. The Hall–Kier alpha value is -1.70. The number of rotatable bonds is 9. The fourth-order valence-corrected chi connectivity index (χ4v) is 4.69. The number of likely N-dealkylation sites (tertiary alicyclic amines) is 1. The Morgan fingerprint density at radius 1 is 1.38 bits per heavy atom. The van der Waals surface area contributed by atoms with E-state index in [0.29, 0.717) is 5.04 Å². The SMILES string of the molecule is CCOC[C@]1(CCC(=N)Sc2cnc[nH]2)CCN(C(C)(C)c2ccc(C)nc2)C1. The molecule has 2 N–H and O–H groups in total. The molecular formula is C22H33N5OS. The Balaban J connectivity index is 1.66. The predicted molar refractivity (Wildman–Crippen MR) is 119 cm³/mol. The predicted octanol–water partition coefficient (Wildman–Crippen LogP) is 4.63. The lowest BCUT2D eigenvalue weighted by Crippen LogP contribution is -2.42. The van der Waals surface area contributed by atoms with Crippen LogP contribution in [0.25, 0.3) is 0 Å². The maximum Gasteiger partial charge on any atom is 0.0979 e. The van der Waals surface area contributed by atoms with E-state index in [4.69, 9.17) is 10.1 Å². The number of thioether (sulfide) groups is 1. The summed E-state index contributed by atoms with van der Waals surface area (Å²) in [5.74, 6) is 0. The fraction of sp³-hybridized carbons (Fsp3) is 0.591. The molecule has 1 saturated heterocycles. The maximum absolute atomic E-state index is 8.37. The minimum atomic E-state index is -0.0765. The zero-order valence-electron chi connectivity index (χ0n) is 18.0. The van der Waals surface area contributed by atoms with Crippen LogP contribution in [0.4, 0.5) is 0 Å². The van der Waals surface area contributed by atoms with Gasteiger partial charge in [-0.1, -0.05) is 17.8 Å². The zero-order valence-corrected chi connectivity index (χ0v) is 18.8. The Labute approximate surface area is 178 Å². The molecule has 0 unspecified atom stereocenters. The Kier molecular flexibility index (Phi) is 7.14. The van der Waals surface area contributed by atoms with Crippen LogP contribution in [0.1, 0.15) is 51.3 Å². The van der Waals surface area contributed by atoms with Crippen molar-refractivity contribution in [2.45, 2.75) is 57.5 Å². The van der Waals surface area contributed by atoms with Crippen molar-refractivity contribution in [3.63, 3.8) is 0 Å². The standard InChI is InChI=1S/C22H33N5OS/c1-5-28-15-22(9-8-19(23)29-20-13-24-16-26-20)10-11-27(14-22)21(3,4)18-7-6-17(2)25-12-18/h6-7,12-13,16,23H,5,8-11,14-15H2,1-4H3,(H,24,26)/t22-/m1/s1. The third-order valence-corrected chi connectivity index (χ3v) is 6.94. The number of imidazole rings is 1. The van der Waals surface area contributed by atoms with E-state index in [1.807, 2.05) is 13.1 Å². The van der Waals surface area contributed by atoms with Gasteiger partial charge in [-0.2, -0.15) is 0 Å². The summed E-state index contributed by atoms with van der Waals surface area (Å²) in [5, 5.41) is 9.97. The van der Waals surface area contributed by atoms with Crippen LogP contribution in [0.2, 0.25) is 0 Å². The molecular weight excluding hydrogens is 382 g/mol. The van der Waals surface area contributed by atoms with Crippen LogP contribution >= 0.6 is 11.8 Å². The molecule has 1 atom stereocenters. The average Bonchev–Trinajstić information content (AvgIpc) is 3.36. The summed E-state index contributed by atoms with van der Waals surface area (Å²) in [7, 11) is 0. The summed E-state index contributed by atoms with van der Waals surface area (Å²) >= 11 is 1.46. The molecule has 0 aromatic carbocycles. The first-order valence-electron chi connectivity index (χ1n) is 10.3. The highest BCUT2D eigenvalue weighted by Crippen LogP contribution is 2.42. The molecule has 3 rings (SSSR count). The lowest BCUT2D eigenvalue weighted by Gasteiger charge is -2.38. The van der Waals surface area contributed by atoms with Gasteiger partial charge < -0.3 is 9.72 Å². The molecule has 1 aliphatic heterocycles. The van der Waals surface area contributed by atoms with Crippen molar-refractivity contribution in [2.24, 2.45) is 5.41 Å². The normalized spacial score (nSPS) is 20.3. The summed E-state index contributed by atoms with van der Waals surface area (Å²) in [5.41, 5.74) is 2.31. The largest absolute Gasteiger partial charge is 0.381 e. The maximum atomic E-state index is 8.37. The number of aromatic nitrogens is 3. The highest BCUT2D eigenvalue weighted by atomic mass is 32.2. The molecule has 0 radical (unpaired) electrons. The number of hydrogen-bond acceptors (Lipinski definition) is 6. The van der Waals surface area contributed by atoms with Crippen molar-refractivity contribution >= 4 is 16.8 Å². The molecule has 158 valence electrons. The molecule has 7 heteroatoms. The number of nitrogens with zero attached hydrogens (tertiary/aromatic N) is 3. The number of hydrogen-bond donors (Lipinski definition) is 2. The van der Waals surface area contributed by atoms with Crippen LogP contribution in [0.5, 0.6) is 0 Å². The monoisotopic (exact) mass is 415 g/mol. The van der Waals surface area contributed by atoms with Gasteiger partial charge in [0.1, 0.15) is 0 Å². The zero-order chi connectivity index (χ0) is 20.9. The second-order valence-corrected chi connectivity index (χ2v) is 9.63. The molecule has 2 aromatic heterocycles. The van der Waals surface area contributed by atoms with Crippen LogP contribution < -0.4 is 0 Å². The van der Waals surface area contributed by atoms with Crippen molar-refractivity contribution in [2.75, 3.05) is 26.3 Å². The van der Waals surface area contributed by atoms with Gasteiger partial charge in [0, 0.05) is 36.0 Å². The van der Waals surface area contributed by atoms with E-state index >= 15 is 0 Å². The van der Waals surface area contributed by atoms with Gasteiger partial charge >= 0.3 is 0 Å². The summed E-state index contributed by atoms with van der Waals surface area (Å²) < 4.78 is 5.91. The summed E-state index contributed by atoms with van der Waals surface area (Å²) in [6.45, 7) is 12.1. The van der Waals surface area contributed by atoms with Gasteiger partial charge in [-0.15, -0.1) is 0 Å². The van der Waals surface area contributed by atoms with Crippen molar-refractivity contribution in [1.82, 2.24) is 19.9 Å². The van der Waals surface area contributed by atoms with Crippen LogP contribution in [0.3, 0.4) is 0 Å². The lowest BCUT2D eigenvalue weighted by atomic mass is 9.83. The minimum Gasteiger partial charge on any atom is -0.381 e. The van der Waals surface area contributed by atoms with Crippen molar-refractivity contribution < 1.29 is 4.74 Å². The summed E-state index contributed by atoms with van der Waals surface area (Å²) in [6.07, 6.45) is 8.25. The van der Waals surface area contributed by atoms with Crippen LogP contribution in [0.15, 0.2) is 35.9 Å². The van der Waals surface area contributed by atoms with E-state index in [9.17, 15) is 0 Å². The number of ether oxygens (including phenoxy) is 1. The minimum absolute atomic E-state index is 0.0765. The molecule has 3 heterocycles. The quantitative estimate of drug-likeness (QED) is 0.355. The first-order valence-corrected chi connectivity index (χ1v) is 11.2. The topological polar surface area (TPSA) is 77.9 Å². The van der Waals surface area contributed by atoms with Gasteiger partial charge in [-0.3, -0.25) is 15.3 Å². The third-order valence-electron chi connectivity index (χ3n) is 6.05. The van der Waals surface area contributed by atoms with E-state index < -0.39 is 0 Å². The van der Waals surface area contributed by atoms with Gasteiger partial charge in [-0.05, 0) is 65.1 Å². The fourth-order valence-electron chi connectivity index (χ4n) is 4.00. The van der Waals surface area contributed by atoms with E-state index in [0.717, 1.165) is 56.3 Å². The van der Waals surface area contributed by atoms with Crippen LogP contribution in [-0.4, -0.2) is 51.2 Å². The molecule has 1 fully saturated rings. The smallest absolute Gasteiger partial charge is 0.0979 e. The third kappa shape index (κ3) is 5.47. The number of H-pyrrole nitrogens is 1. The second kappa shape index (κ2) is 9.41. The van der Waals surface area contributed by atoms with Crippen LogP contribution in [-0.2, 0) is 10.3 Å². The van der Waals surface area contributed by atoms with Gasteiger partial charge in [0.25, 0.3) is 0 Å². The first kappa shape index (κ1) is 22.0. The van der Waals surface area contributed by atoms with Crippen LogP contribution in [0, 0.1) is 17.7 Å². The molecule has 0 bridgehead atoms. The lowest BCUT2D eigenvalue weighted by molar-refractivity contribution is 0.0395. The number of nitrogens with one attached hydrogen (secondary N) is 2. The van der Waals surface area contributed by atoms with E-state index in [1.165, 1.54) is 17.3 Å². The van der Waals surface area contributed by atoms with E-state index in [1.54, 1.807) is 12.5 Å². The molecule has 1 aliphatic rings. The molecule has 29 heavy (non-hydrogen) atoms. The molecule has 0 amide bonds. The average molecular weight is 416 g/mol. The highest BCUT2D eigenvalue weighted by molar-refractivity contribution is 8.13. The van der Waals surface area contributed by atoms with E-state index in [2.05, 4.69) is 52.8 Å². The molecule has 0 saturated carbocycles. The van der Waals surface area contributed by atoms with E-state index in [-0.39, 0.29) is 11.0 Å².